The van der Waals surface area contributed by atoms with Crippen molar-refractivity contribution in [2.75, 3.05) is 5.32 Å². The highest BCUT2D eigenvalue weighted by atomic mass is 35.5. The van der Waals surface area contributed by atoms with Gasteiger partial charge in [-0.2, -0.15) is 0 Å². The second kappa shape index (κ2) is 8.38. The molecular formula is C28H24ClN3O. The lowest BCUT2D eigenvalue weighted by Crippen LogP contribution is -2.18. The Morgan fingerprint density at radius 1 is 0.909 bits per heavy atom. The van der Waals surface area contributed by atoms with E-state index < -0.39 is 0 Å². The van der Waals surface area contributed by atoms with Gasteiger partial charge >= 0.3 is 0 Å². The van der Waals surface area contributed by atoms with Gasteiger partial charge in [0.1, 0.15) is 0 Å². The number of anilines is 1. The molecule has 1 amide bonds. The molecule has 2 aromatic heterocycles. The van der Waals surface area contributed by atoms with Gasteiger partial charge in [-0.15, -0.1) is 0 Å². The molecule has 5 heteroatoms. The van der Waals surface area contributed by atoms with E-state index in [0.717, 1.165) is 54.9 Å². The number of benzene rings is 3. The van der Waals surface area contributed by atoms with Crippen LogP contribution < -0.4 is 5.32 Å². The van der Waals surface area contributed by atoms with Crippen LogP contribution >= 0.6 is 11.6 Å². The molecule has 0 aliphatic heterocycles. The highest BCUT2D eigenvalue weighted by Crippen LogP contribution is 2.32. The summed E-state index contributed by atoms with van der Waals surface area (Å²) in [6.07, 6.45) is 1.81. The van der Waals surface area contributed by atoms with Crippen LogP contribution in [-0.2, 0) is 11.8 Å². The van der Waals surface area contributed by atoms with Gasteiger partial charge in [0.2, 0.25) is 5.91 Å². The molecule has 3 aromatic carbocycles. The number of pyridine rings is 1. The van der Waals surface area contributed by atoms with E-state index >= 15 is 0 Å². The van der Waals surface area contributed by atoms with Crippen LogP contribution in [-0.4, -0.2) is 15.5 Å². The van der Waals surface area contributed by atoms with Gasteiger partial charge in [-0.1, -0.05) is 35.9 Å². The summed E-state index contributed by atoms with van der Waals surface area (Å²) in [5.41, 5.74) is 7.13. The van der Waals surface area contributed by atoms with Crippen molar-refractivity contribution in [1.82, 2.24) is 9.55 Å². The zero-order chi connectivity index (χ0) is 23.1. The third-order valence-electron chi connectivity index (χ3n) is 6.27. The van der Waals surface area contributed by atoms with Crippen LogP contribution in [0.2, 0.25) is 5.02 Å². The molecule has 0 saturated heterocycles. The average molecular weight is 454 g/mol. The van der Waals surface area contributed by atoms with E-state index in [1.54, 1.807) is 0 Å². The van der Waals surface area contributed by atoms with Gasteiger partial charge in [-0.3, -0.25) is 9.78 Å². The number of carbonyl (C=O) groups excluding carboxylic acids is 1. The van der Waals surface area contributed by atoms with Crippen LogP contribution in [0.25, 0.3) is 32.9 Å². The molecule has 5 rings (SSSR count). The molecule has 0 bridgehead atoms. The summed E-state index contributed by atoms with van der Waals surface area (Å²) in [5, 5.41) is 6.02. The number of hydrogen-bond acceptors (Lipinski definition) is 2. The van der Waals surface area contributed by atoms with Gasteiger partial charge in [0.25, 0.3) is 0 Å². The van der Waals surface area contributed by atoms with Gasteiger partial charge in [-0.05, 0) is 79.1 Å². The van der Waals surface area contributed by atoms with E-state index in [4.69, 9.17) is 11.6 Å². The van der Waals surface area contributed by atoms with Crippen molar-refractivity contribution in [2.24, 2.45) is 7.05 Å². The van der Waals surface area contributed by atoms with Gasteiger partial charge in [0, 0.05) is 51.5 Å². The minimum Gasteiger partial charge on any atom is -0.344 e. The number of aryl methyl sites for hydroxylation is 2. The number of fused-ring (bicyclic) bond motifs is 3. The first-order valence-electron chi connectivity index (χ1n) is 10.9. The van der Waals surface area contributed by atoms with Crippen LogP contribution in [0.5, 0.6) is 0 Å². The van der Waals surface area contributed by atoms with Crippen LogP contribution in [0, 0.1) is 6.92 Å². The zero-order valence-corrected chi connectivity index (χ0v) is 19.5. The predicted molar refractivity (Wildman–Crippen MR) is 137 cm³/mol. The van der Waals surface area contributed by atoms with Crippen LogP contribution in [0.4, 0.5) is 5.69 Å². The van der Waals surface area contributed by atoms with E-state index in [-0.39, 0.29) is 11.8 Å². The normalized spacial score (nSPS) is 12.2. The van der Waals surface area contributed by atoms with Gasteiger partial charge in [0.05, 0.1) is 5.92 Å². The maximum Gasteiger partial charge on any atom is 0.231 e. The summed E-state index contributed by atoms with van der Waals surface area (Å²) >= 11 is 6.22. The quantitative estimate of drug-likeness (QED) is 0.315. The Kier molecular flexibility index (Phi) is 5.39. The lowest BCUT2D eigenvalue weighted by atomic mass is 9.98. The number of amides is 1. The number of aromatic nitrogens is 2. The van der Waals surface area contributed by atoms with Crippen LogP contribution in [0.1, 0.15) is 24.1 Å². The molecule has 0 radical (unpaired) electrons. The fourth-order valence-corrected chi connectivity index (χ4v) is 4.51. The van der Waals surface area contributed by atoms with E-state index in [1.165, 1.54) is 0 Å². The first kappa shape index (κ1) is 21.2. The Bertz CT molecular complexity index is 1500. The van der Waals surface area contributed by atoms with Crippen molar-refractivity contribution in [1.29, 1.82) is 0 Å². The number of hydrogen-bond donors (Lipinski definition) is 1. The number of carbonyl (C=O) groups is 1. The monoisotopic (exact) mass is 453 g/mol. The molecule has 5 aromatic rings. The first-order valence-corrected chi connectivity index (χ1v) is 11.3. The molecule has 4 nitrogen and oxygen atoms in total. The molecule has 2 heterocycles. The average Bonchev–Trinajstić information content (AvgIpc) is 3.09. The number of halogens is 1. The molecule has 1 N–H and O–H groups in total. The SMILES string of the molecule is Cc1cc(-c2ccc(NC(=O)C(C)c3ccc4c5cc(Cl)ccc5n(C)c4c3)cc2)ccn1. The maximum absolute atomic E-state index is 13.0. The maximum atomic E-state index is 13.0. The fraction of sp³-hybridized carbons (Fsp3) is 0.143. The number of nitrogens with one attached hydrogen (secondary N) is 1. The Labute approximate surface area is 197 Å². The van der Waals surface area contributed by atoms with Gasteiger partial charge < -0.3 is 9.88 Å². The summed E-state index contributed by atoms with van der Waals surface area (Å²) in [6.45, 7) is 3.91. The summed E-state index contributed by atoms with van der Waals surface area (Å²) in [4.78, 5) is 17.3. The zero-order valence-electron chi connectivity index (χ0n) is 18.8. The Morgan fingerprint density at radius 2 is 1.70 bits per heavy atom. The summed E-state index contributed by atoms with van der Waals surface area (Å²) in [5.74, 6) is -0.331. The minimum atomic E-state index is -0.293. The summed E-state index contributed by atoms with van der Waals surface area (Å²) < 4.78 is 2.15. The third kappa shape index (κ3) is 3.98. The lowest BCUT2D eigenvalue weighted by Gasteiger charge is -2.14. The highest BCUT2D eigenvalue weighted by Gasteiger charge is 2.18. The minimum absolute atomic E-state index is 0.0383. The van der Waals surface area contributed by atoms with E-state index in [1.807, 2.05) is 87.8 Å². The second-order valence-electron chi connectivity index (χ2n) is 8.47. The standard InChI is InChI=1S/C28H24ClN3O/c1-17-14-21(12-13-30-17)19-4-8-23(9-5-19)31-28(33)18(2)20-6-10-24-25-16-22(29)7-11-26(25)32(3)27(24)15-20/h4-16,18H,1-3H3,(H,31,33). The van der Waals surface area contributed by atoms with E-state index in [0.29, 0.717) is 0 Å². The highest BCUT2D eigenvalue weighted by molar-refractivity contribution is 6.31. The topological polar surface area (TPSA) is 46.9 Å². The van der Waals surface area contributed by atoms with Crippen molar-refractivity contribution in [2.45, 2.75) is 19.8 Å². The Balaban J connectivity index is 1.38. The van der Waals surface area contributed by atoms with Gasteiger partial charge in [-0.25, -0.2) is 0 Å². The van der Waals surface area contributed by atoms with Crippen molar-refractivity contribution in [3.05, 3.63) is 95.3 Å². The Morgan fingerprint density at radius 3 is 2.45 bits per heavy atom. The van der Waals surface area contributed by atoms with E-state index in [9.17, 15) is 4.79 Å². The molecule has 0 aliphatic rings. The molecule has 0 spiro atoms. The molecular weight excluding hydrogens is 430 g/mol. The second-order valence-corrected chi connectivity index (χ2v) is 8.91. The Hall–Kier alpha value is -3.63. The first-order chi connectivity index (χ1) is 15.9. The smallest absolute Gasteiger partial charge is 0.231 e. The number of nitrogens with zero attached hydrogens (tertiary/aromatic N) is 2. The van der Waals surface area contributed by atoms with Crippen molar-refractivity contribution in [3.63, 3.8) is 0 Å². The molecule has 164 valence electrons. The molecule has 1 unspecified atom stereocenters. The van der Waals surface area contributed by atoms with Crippen molar-refractivity contribution >= 4 is 45.0 Å². The van der Waals surface area contributed by atoms with E-state index in [2.05, 4.69) is 27.0 Å². The molecule has 0 fully saturated rings. The fourth-order valence-electron chi connectivity index (χ4n) is 4.34. The predicted octanol–water partition coefficient (Wildman–Crippen LogP) is 7.10. The van der Waals surface area contributed by atoms with Gasteiger partial charge in [0.15, 0.2) is 0 Å². The van der Waals surface area contributed by atoms with Crippen molar-refractivity contribution < 1.29 is 4.79 Å². The van der Waals surface area contributed by atoms with Crippen LogP contribution in [0.3, 0.4) is 0 Å². The third-order valence-corrected chi connectivity index (χ3v) is 6.50. The lowest BCUT2D eigenvalue weighted by molar-refractivity contribution is -0.117. The van der Waals surface area contributed by atoms with Crippen LogP contribution in [0.15, 0.2) is 79.0 Å². The molecule has 0 saturated carbocycles. The van der Waals surface area contributed by atoms with Crippen molar-refractivity contribution in [3.8, 4) is 11.1 Å². The number of rotatable bonds is 4. The molecule has 1 atom stereocenters. The molecule has 33 heavy (non-hydrogen) atoms. The summed E-state index contributed by atoms with van der Waals surface area (Å²) in [7, 11) is 2.04. The largest absolute Gasteiger partial charge is 0.344 e. The molecule has 0 aliphatic carbocycles. The summed E-state index contributed by atoms with van der Waals surface area (Å²) in [6, 6.07) is 24.1.